The van der Waals surface area contributed by atoms with E-state index in [-0.39, 0.29) is 0 Å². The first-order valence-electron chi connectivity index (χ1n) is 7.56. The zero-order valence-electron chi connectivity index (χ0n) is 11.0. The molecule has 0 spiro atoms. The summed E-state index contributed by atoms with van der Waals surface area (Å²) >= 11 is 0. The number of piperazine rings is 1. The zero-order valence-corrected chi connectivity index (χ0v) is 11.0. The molecule has 3 aliphatic rings. The summed E-state index contributed by atoms with van der Waals surface area (Å²) in [7, 11) is 0. The van der Waals surface area contributed by atoms with Crippen LogP contribution in [0.25, 0.3) is 0 Å². The predicted octanol–water partition coefficient (Wildman–Crippen LogP) is 1.43. The normalized spacial score (nSPS) is 37.9. The van der Waals surface area contributed by atoms with Gasteiger partial charge in [0.1, 0.15) is 0 Å². The van der Waals surface area contributed by atoms with Crippen molar-refractivity contribution in [1.29, 1.82) is 0 Å². The Morgan fingerprint density at radius 3 is 1.82 bits per heavy atom. The summed E-state index contributed by atoms with van der Waals surface area (Å²) in [4.78, 5) is 5.46. The van der Waals surface area contributed by atoms with Crippen LogP contribution in [-0.2, 0) is 0 Å². The molecule has 0 bridgehead atoms. The molecule has 2 N–H and O–H groups in total. The smallest absolute Gasteiger partial charge is 0.0113 e. The highest BCUT2D eigenvalue weighted by Crippen LogP contribution is 2.27. The van der Waals surface area contributed by atoms with Gasteiger partial charge < -0.3 is 5.73 Å². The van der Waals surface area contributed by atoms with Gasteiger partial charge in [-0.1, -0.05) is 12.8 Å². The van der Waals surface area contributed by atoms with E-state index in [1.165, 1.54) is 71.1 Å². The molecule has 2 unspecified atom stereocenters. The molecule has 3 fully saturated rings. The Hall–Kier alpha value is -0.120. The lowest BCUT2D eigenvalue weighted by Gasteiger charge is -2.40. The standard InChI is InChI=1S/C14H27N3/c15-12-5-6-14(11-12)17-9-7-16(8-10-17)13-3-1-2-4-13/h12-14H,1-11,15H2. The summed E-state index contributed by atoms with van der Waals surface area (Å²) in [6, 6.07) is 2.20. The Kier molecular flexibility index (Phi) is 3.69. The summed E-state index contributed by atoms with van der Waals surface area (Å²) in [5, 5.41) is 0. The molecule has 0 radical (unpaired) electrons. The van der Waals surface area contributed by atoms with Crippen LogP contribution in [0.1, 0.15) is 44.9 Å². The first-order valence-corrected chi connectivity index (χ1v) is 7.56. The van der Waals surface area contributed by atoms with Crippen LogP contribution in [0.5, 0.6) is 0 Å². The molecule has 0 aromatic carbocycles. The molecule has 1 heterocycles. The molecular weight excluding hydrogens is 210 g/mol. The lowest BCUT2D eigenvalue weighted by Crippen LogP contribution is -2.52. The van der Waals surface area contributed by atoms with Gasteiger partial charge in [0.15, 0.2) is 0 Å². The molecule has 1 aliphatic heterocycles. The van der Waals surface area contributed by atoms with Crippen LogP contribution in [0.3, 0.4) is 0 Å². The van der Waals surface area contributed by atoms with E-state index in [0.717, 1.165) is 12.1 Å². The molecule has 2 aliphatic carbocycles. The maximum atomic E-state index is 6.02. The van der Waals surface area contributed by atoms with Gasteiger partial charge in [-0.25, -0.2) is 0 Å². The van der Waals surface area contributed by atoms with Gasteiger partial charge in [0.2, 0.25) is 0 Å². The Bertz CT molecular complexity index is 242. The fraction of sp³-hybridized carbons (Fsp3) is 1.00. The minimum atomic E-state index is 0.480. The van der Waals surface area contributed by atoms with Crippen LogP contribution in [0.2, 0.25) is 0 Å². The number of nitrogens with two attached hydrogens (primary N) is 1. The van der Waals surface area contributed by atoms with E-state index in [9.17, 15) is 0 Å². The number of nitrogens with zero attached hydrogens (tertiary/aromatic N) is 2. The predicted molar refractivity (Wildman–Crippen MR) is 71.0 cm³/mol. The van der Waals surface area contributed by atoms with Crippen molar-refractivity contribution in [2.24, 2.45) is 5.73 Å². The van der Waals surface area contributed by atoms with Crippen molar-refractivity contribution in [2.75, 3.05) is 26.2 Å². The first kappa shape index (κ1) is 11.9. The summed E-state index contributed by atoms with van der Waals surface area (Å²) in [6.07, 6.45) is 9.65. The van der Waals surface area contributed by atoms with E-state index in [2.05, 4.69) is 9.80 Å². The van der Waals surface area contributed by atoms with Crippen LogP contribution in [0.4, 0.5) is 0 Å². The third kappa shape index (κ3) is 2.67. The highest BCUT2D eigenvalue weighted by atomic mass is 15.3. The van der Waals surface area contributed by atoms with E-state index in [4.69, 9.17) is 5.73 Å². The summed E-state index contributed by atoms with van der Waals surface area (Å²) in [6.45, 7) is 5.18. The molecule has 3 heteroatoms. The molecule has 3 rings (SSSR count). The minimum absolute atomic E-state index is 0.480. The van der Waals surface area contributed by atoms with Gasteiger partial charge in [-0.3, -0.25) is 9.80 Å². The van der Waals surface area contributed by atoms with Gasteiger partial charge in [0.25, 0.3) is 0 Å². The van der Waals surface area contributed by atoms with E-state index < -0.39 is 0 Å². The fourth-order valence-corrected chi connectivity index (χ4v) is 4.06. The van der Waals surface area contributed by atoms with Crippen LogP contribution >= 0.6 is 0 Å². The quantitative estimate of drug-likeness (QED) is 0.788. The van der Waals surface area contributed by atoms with Gasteiger partial charge in [-0.05, 0) is 32.1 Å². The maximum absolute atomic E-state index is 6.02. The largest absolute Gasteiger partial charge is 0.328 e. The minimum Gasteiger partial charge on any atom is -0.328 e. The van der Waals surface area contributed by atoms with Crippen molar-refractivity contribution < 1.29 is 0 Å². The van der Waals surface area contributed by atoms with Crippen LogP contribution in [0.15, 0.2) is 0 Å². The molecule has 0 amide bonds. The molecule has 0 aromatic heterocycles. The summed E-state index contributed by atoms with van der Waals surface area (Å²) in [5.41, 5.74) is 6.02. The molecule has 3 nitrogen and oxygen atoms in total. The number of hydrogen-bond donors (Lipinski definition) is 1. The average Bonchev–Trinajstić information content (AvgIpc) is 3.00. The highest BCUT2D eigenvalue weighted by Gasteiger charge is 2.31. The molecule has 0 aromatic rings. The van der Waals surface area contributed by atoms with Crippen LogP contribution in [-0.4, -0.2) is 54.1 Å². The fourth-order valence-electron chi connectivity index (χ4n) is 4.06. The van der Waals surface area contributed by atoms with Crippen molar-refractivity contribution in [3.05, 3.63) is 0 Å². The maximum Gasteiger partial charge on any atom is 0.0113 e. The van der Waals surface area contributed by atoms with Crippen molar-refractivity contribution in [3.63, 3.8) is 0 Å². The monoisotopic (exact) mass is 237 g/mol. The van der Waals surface area contributed by atoms with E-state index in [1.807, 2.05) is 0 Å². The average molecular weight is 237 g/mol. The van der Waals surface area contributed by atoms with Crippen LogP contribution < -0.4 is 5.73 Å². The second kappa shape index (κ2) is 5.25. The third-order valence-corrected chi connectivity index (χ3v) is 5.15. The topological polar surface area (TPSA) is 32.5 Å². The second-order valence-corrected chi connectivity index (χ2v) is 6.24. The highest BCUT2D eigenvalue weighted by molar-refractivity contribution is 4.89. The second-order valence-electron chi connectivity index (χ2n) is 6.24. The summed E-state index contributed by atoms with van der Waals surface area (Å²) < 4.78 is 0. The molecular formula is C14H27N3. The Morgan fingerprint density at radius 1 is 0.706 bits per heavy atom. The van der Waals surface area contributed by atoms with E-state index in [0.29, 0.717) is 6.04 Å². The number of hydrogen-bond acceptors (Lipinski definition) is 3. The molecule has 1 saturated heterocycles. The summed E-state index contributed by atoms with van der Waals surface area (Å²) in [5.74, 6) is 0. The molecule has 98 valence electrons. The van der Waals surface area contributed by atoms with Gasteiger partial charge in [-0.15, -0.1) is 0 Å². The molecule has 17 heavy (non-hydrogen) atoms. The first-order chi connectivity index (χ1) is 8.33. The van der Waals surface area contributed by atoms with Crippen molar-refractivity contribution >= 4 is 0 Å². The lowest BCUT2D eigenvalue weighted by molar-refractivity contribution is 0.0716. The van der Waals surface area contributed by atoms with Crippen molar-refractivity contribution in [3.8, 4) is 0 Å². The van der Waals surface area contributed by atoms with Gasteiger partial charge in [-0.2, -0.15) is 0 Å². The third-order valence-electron chi connectivity index (χ3n) is 5.15. The van der Waals surface area contributed by atoms with E-state index >= 15 is 0 Å². The van der Waals surface area contributed by atoms with Gasteiger partial charge in [0, 0.05) is 44.3 Å². The van der Waals surface area contributed by atoms with Crippen molar-refractivity contribution in [1.82, 2.24) is 9.80 Å². The Balaban J connectivity index is 1.47. The number of rotatable bonds is 2. The van der Waals surface area contributed by atoms with Gasteiger partial charge in [0.05, 0.1) is 0 Å². The Labute approximate surface area is 105 Å². The van der Waals surface area contributed by atoms with Crippen LogP contribution in [0, 0.1) is 0 Å². The zero-order chi connectivity index (χ0) is 11.7. The molecule has 2 atom stereocenters. The van der Waals surface area contributed by atoms with E-state index in [1.54, 1.807) is 0 Å². The lowest BCUT2D eigenvalue weighted by atomic mass is 10.1. The molecule has 2 saturated carbocycles. The Morgan fingerprint density at radius 2 is 1.29 bits per heavy atom. The SMILES string of the molecule is NC1CCC(N2CCN(C3CCCC3)CC2)C1. The van der Waals surface area contributed by atoms with Gasteiger partial charge >= 0.3 is 0 Å². The van der Waals surface area contributed by atoms with Crippen molar-refractivity contribution in [2.45, 2.75) is 63.1 Å².